The molecule has 0 unspecified atom stereocenters. The molecule has 19 heteroatoms. The molecule has 8 aromatic rings. The predicted octanol–water partition coefficient (Wildman–Crippen LogP) is 9.06. The van der Waals surface area contributed by atoms with Crippen LogP contribution in [0.5, 0.6) is 23.0 Å². The Morgan fingerprint density at radius 1 is 0.625 bits per heavy atom. The van der Waals surface area contributed by atoms with Crippen molar-refractivity contribution in [3.8, 4) is 45.8 Å². The Morgan fingerprint density at radius 2 is 1.08 bits per heavy atom. The summed E-state index contributed by atoms with van der Waals surface area (Å²) >= 11 is 5.85. The maximum Gasteiger partial charge on any atom is 0.241 e. The number of carbonyl (C=O) groups is 2. The molecule has 2 aliphatic heterocycles. The molecule has 2 fully saturated rings. The molecule has 376 valence electrons. The van der Waals surface area contributed by atoms with E-state index in [9.17, 15) is 9.59 Å². The Bertz CT molecular complexity index is 3050. The number of benzene rings is 4. The number of anilines is 1. The van der Waals surface area contributed by atoms with Crippen LogP contribution in [0.15, 0.2) is 119 Å². The first-order valence-corrected chi connectivity index (χ1v) is 23.5. The third kappa shape index (κ3) is 12.4. The molecule has 2 amide bonds. The minimum absolute atomic E-state index is 0. The first-order chi connectivity index (χ1) is 34.7. The molecular formula is C53H59ClN10O8. The van der Waals surface area contributed by atoms with Crippen LogP contribution in [0.1, 0.15) is 56.7 Å². The van der Waals surface area contributed by atoms with Crippen LogP contribution in [-0.2, 0) is 9.59 Å². The number of piperidine rings is 2. The highest BCUT2D eigenvalue weighted by Crippen LogP contribution is 2.35. The molecule has 2 saturated heterocycles. The number of rotatable bonds is 12. The third-order valence-corrected chi connectivity index (χ3v) is 12.7. The standard InChI is InChI=1S/C26H27N5O4.C17H22N4O4.C9H6ClN.CH4/c1-33-21-8-7-19(15-22(21)34-2)24-29-26(35-30-24)18-10-13-31(14-11-18)23(32)16-28-25-20-6-4-3-5-17(20)9-12-27-25;1-23-13-4-3-12(9-14(13)24-2)16-19-17(25-20-16)11-5-7-21(8-6-11)15(22)10-18;10-9-8-4-2-1-3-7(8)5-6-11-9;/h3-9,12,15,18H,10-11,13-14,16H2,1-2H3,(H,27,28);3-4,9,11H,5-8,10,18H2,1-2H3;1-6H;1H4. The lowest BCUT2D eigenvalue weighted by Crippen LogP contribution is -2.41. The fraction of sp³-hybridized carbons (Fsp3) is 0.321. The molecule has 18 nitrogen and oxygen atoms in total. The van der Waals surface area contributed by atoms with Crippen molar-refractivity contribution in [1.29, 1.82) is 0 Å². The molecule has 3 N–H and O–H groups in total. The number of hydrogen-bond acceptors (Lipinski definition) is 16. The first kappa shape index (κ1) is 52.0. The fourth-order valence-electron chi connectivity index (χ4n) is 8.48. The molecule has 4 aromatic carbocycles. The smallest absolute Gasteiger partial charge is 0.241 e. The van der Waals surface area contributed by atoms with Crippen molar-refractivity contribution >= 4 is 50.8 Å². The Labute approximate surface area is 422 Å². The van der Waals surface area contributed by atoms with Crippen LogP contribution < -0.4 is 30.0 Å². The van der Waals surface area contributed by atoms with Crippen LogP contribution in [0, 0.1) is 0 Å². The zero-order valence-corrected chi connectivity index (χ0v) is 40.7. The molecule has 10 rings (SSSR count). The number of methoxy groups -OCH3 is 4. The lowest BCUT2D eigenvalue weighted by atomic mass is 9.96. The Morgan fingerprint density at radius 3 is 1.57 bits per heavy atom. The Hall–Kier alpha value is -7.83. The van der Waals surface area contributed by atoms with Crippen molar-refractivity contribution in [2.24, 2.45) is 5.73 Å². The number of aromatic nitrogens is 6. The maximum absolute atomic E-state index is 12.8. The first-order valence-electron chi connectivity index (χ1n) is 23.1. The lowest BCUT2D eigenvalue weighted by Gasteiger charge is -2.30. The van der Waals surface area contributed by atoms with Crippen molar-refractivity contribution in [2.45, 2.75) is 44.9 Å². The van der Waals surface area contributed by atoms with E-state index in [1.54, 1.807) is 51.8 Å². The van der Waals surface area contributed by atoms with Crippen molar-refractivity contribution in [3.63, 3.8) is 0 Å². The minimum Gasteiger partial charge on any atom is -0.493 e. The molecular weight excluding hydrogens is 940 g/mol. The molecule has 0 aliphatic carbocycles. The van der Waals surface area contributed by atoms with Gasteiger partial charge in [-0.1, -0.05) is 77.9 Å². The number of nitrogens with zero attached hydrogens (tertiary/aromatic N) is 8. The van der Waals surface area contributed by atoms with Crippen LogP contribution in [0.3, 0.4) is 0 Å². The number of halogens is 1. The van der Waals surface area contributed by atoms with Crippen LogP contribution in [0.25, 0.3) is 44.3 Å². The molecule has 0 saturated carbocycles. The number of fused-ring (bicyclic) bond motifs is 2. The zero-order valence-electron chi connectivity index (χ0n) is 39.9. The van der Waals surface area contributed by atoms with Crippen molar-refractivity contribution < 1.29 is 37.6 Å². The van der Waals surface area contributed by atoms with E-state index in [2.05, 4.69) is 35.6 Å². The van der Waals surface area contributed by atoms with Crippen LogP contribution in [-0.4, -0.2) is 120 Å². The molecule has 6 heterocycles. The highest BCUT2D eigenvalue weighted by molar-refractivity contribution is 6.34. The number of likely N-dealkylation sites (tertiary alicyclic amines) is 2. The number of nitrogens with one attached hydrogen (secondary N) is 1. The number of nitrogens with two attached hydrogens (primary N) is 1. The zero-order chi connectivity index (χ0) is 49.7. The van der Waals surface area contributed by atoms with Crippen molar-refractivity contribution in [3.05, 3.63) is 126 Å². The quantitative estimate of drug-likeness (QED) is 0.109. The summed E-state index contributed by atoms with van der Waals surface area (Å²) in [6.07, 6.45) is 6.59. The van der Waals surface area contributed by atoms with E-state index < -0.39 is 0 Å². The molecule has 0 spiro atoms. The molecule has 0 bridgehead atoms. The summed E-state index contributed by atoms with van der Waals surface area (Å²) in [6.45, 7) is 2.86. The minimum atomic E-state index is -0.0185. The van der Waals surface area contributed by atoms with Gasteiger partial charge in [0.15, 0.2) is 23.0 Å². The Balaban J connectivity index is 0.000000178. The summed E-state index contributed by atoms with van der Waals surface area (Å²) in [5, 5.41) is 16.2. The van der Waals surface area contributed by atoms with Gasteiger partial charge in [0.25, 0.3) is 0 Å². The van der Waals surface area contributed by atoms with E-state index in [0.29, 0.717) is 77.8 Å². The average molecular weight is 1000 g/mol. The molecule has 0 radical (unpaired) electrons. The van der Waals surface area contributed by atoms with Crippen LogP contribution in [0.4, 0.5) is 5.82 Å². The number of hydrogen-bond donors (Lipinski definition) is 2. The van der Waals surface area contributed by atoms with Crippen molar-refractivity contribution in [1.82, 2.24) is 40.0 Å². The monoisotopic (exact) mass is 998 g/mol. The van der Waals surface area contributed by atoms with Gasteiger partial charge in [-0.25, -0.2) is 9.97 Å². The number of carbonyl (C=O) groups excluding carboxylic acids is 2. The van der Waals surface area contributed by atoms with E-state index in [1.807, 2.05) is 95.9 Å². The fourth-order valence-corrected chi connectivity index (χ4v) is 8.71. The van der Waals surface area contributed by atoms with Crippen LogP contribution in [0.2, 0.25) is 5.15 Å². The maximum atomic E-state index is 12.8. The van der Waals surface area contributed by atoms with Crippen molar-refractivity contribution in [2.75, 3.05) is 73.0 Å². The van der Waals surface area contributed by atoms with E-state index in [4.69, 9.17) is 45.3 Å². The van der Waals surface area contributed by atoms with Gasteiger partial charge < -0.3 is 48.8 Å². The SMILES string of the molecule is C.COc1ccc(-c2noc(C3CCN(C(=O)CN)CC3)n2)cc1OC.COc1ccc(-c2noc(C3CCN(C(=O)CNc4nccc5ccccc45)CC3)n2)cc1OC.Clc1nccc2ccccc12. The molecule has 72 heavy (non-hydrogen) atoms. The summed E-state index contributed by atoms with van der Waals surface area (Å²) < 4.78 is 32.2. The summed E-state index contributed by atoms with van der Waals surface area (Å²) in [4.78, 5) is 45.6. The van der Waals surface area contributed by atoms with Crippen LogP contribution >= 0.6 is 11.6 Å². The summed E-state index contributed by atoms with van der Waals surface area (Å²) in [6, 6.07) is 30.8. The average Bonchev–Trinajstić information content (AvgIpc) is 4.14. The van der Waals surface area contributed by atoms with Gasteiger partial charge >= 0.3 is 0 Å². The summed E-state index contributed by atoms with van der Waals surface area (Å²) in [7, 11) is 6.36. The van der Waals surface area contributed by atoms with Gasteiger partial charge in [0, 0.05) is 72.3 Å². The third-order valence-electron chi connectivity index (χ3n) is 12.4. The topological polar surface area (TPSA) is 219 Å². The second kappa shape index (κ2) is 24.8. The number of pyridine rings is 2. The second-order valence-corrected chi connectivity index (χ2v) is 17.0. The largest absolute Gasteiger partial charge is 0.493 e. The van der Waals surface area contributed by atoms with Gasteiger partial charge in [-0.3, -0.25) is 9.59 Å². The normalized spacial score (nSPS) is 13.8. The van der Waals surface area contributed by atoms with Gasteiger partial charge in [-0.15, -0.1) is 0 Å². The lowest BCUT2D eigenvalue weighted by molar-refractivity contribution is -0.131. The van der Waals surface area contributed by atoms with Gasteiger partial charge in [-0.05, 0) is 85.0 Å². The van der Waals surface area contributed by atoms with Gasteiger partial charge in [-0.2, -0.15) is 9.97 Å². The second-order valence-electron chi connectivity index (χ2n) is 16.6. The van der Waals surface area contributed by atoms with E-state index in [-0.39, 0.29) is 44.2 Å². The summed E-state index contributed by atoms with van der Waals surface area (Å²) in [5.74, 6) is 5.75. The molecule has 4 aromatic heterocycles. The number of amides is 2. The number of ether oxygens (including phenoxy) is 4. The molecule has 0 atom stereocenters. The van der Waals surface area contributed by atoms with E-state index >= 15 is 0 Å². The van der Waals surface area contributed by atoms with Gasteiger partial charge in [0.1, 0.15) is 11.0 Å². The van der Waals surface area contributed by atoms with E-state index in [0.717, 1.165) is 64.2 Å². The predicted molar refractivity (Wildman–Crippen MR) is 276 cm³/mol. The summed E-state index contributed by atoms with van der Waals surface area (Å²) in [5.41, 5.74) is 6.99. The highest BCUT2D eigenvalue weighted by atomic mass is 35.5. The Kier molecular flexibility index (Phi) is 17.9. The molecule has 2 aliphatic rings. The highest BCUT2D eigenvalue weighted by Gasteiger charge is 2.29. The van der Waals surface area contributed by atoms with Gasteiger partial charge in [0.05, 0.1) is 41.5 Å². The van der Waals surface area contributed by atoms with E-state index in [1.165, 1.54) is 0 Å². The van der Waals surface area contributed by atoms with Gasteiger partial charge in [0.2, 0.25) is 35.2 Å².